The van der Waals surface area contributed by atoms with Gasteiger partial charge in [-0.15, -0.1) is 0 Å². The van der Waals surface area contributed by atoms with Crippen molar-refractivity contribution in [3.05, 3.63) is 52.9 Å². The summed E-state index contributed by atoms with van der Waals surface area (Å²) in [4.78, 5) is 19.1. The summed E-state index contributed by atoms with van der Waals surface area (Å²) < 4.78 is 13.8. The normalized spacial score (nSPS) is 18.8. The number of benzene rings is 1. The van der Waals surface area contributed by atoms with Gasteiger partial charge in [-0.3, -0.25) is 4.79 Å². The van der Waals surface area contributed by atoms with Gasteiger partial charge < -0.3 is 14.4 Å². The van der Waals surface area contributed by atoms with Crippen LogP contribution in [0.5, 0.6) is 11.6 Å². The average molecular weight is 459 g/mol. The van der Waals surface area contributed by atoms with Gasteiger partial charge in [0.15, 0.2) is 0 Å². The van der Waals surface area contributed by atoms with Gasteiger partial charge in [0.2, 0.25) is 11.8 Å². The fourth-order valence-electron chi connectivity index (χ4n) is 3.74. The molecule has 1 saturated heterocycles. The highest BCUT2D eigenvalue weighted by Gasteiger charge is 2.37. The van der Waals surface area contributed by atoms with Crippen molar-refractivity contribution in [2.24, 2.45) is 5.92 Å². The maximum absolute atomic E-state index is 12.7. The first-order valence-corrected chi connectivity index (χ1v) is 10.4. The Morgan fingerprint density at radius 3 is 2.69 bits per heavy atom. The molecule has 152 valence electrons. The SMILES string of the molecule is COc1ccc(C(C)N2CC(C(C)Oc3nc(Br)cn4nccc34)CC2=O)cc1. The lowest BCUT2D eigenvalue weighted by Crippen LogP contribution is -2.31. The first-order valence-electron chi connectivity index (χ1n) is 9.56. The van der Waals surface area contributed by atoms with Gasteiger partial charge >= 0.3 is 0 Å². The molecule has 2 aromatic heterocycles. The van der Waals surface area contributed by atoms with E-state index in [2.05, 4.69) is 32.9 Å². The van der Waals surface area contributed by atoms with Crippen LogP contribution in [0.25, 0.3) is 5.52 Å². The van der Waals surface area contributed by atoms with Gasteiger partial charge in [-0.05, 0) is 53.5 Å². The predicted molar refractivity (Wildman–Crippen MR) is 112 cm³/mol. The number of aromatic nitrogens is 3. The van der Waals surface area contributed by atoms with E-state index in [0.29, 0.717) is 23.4 Å². The average Bonchev–Trinajstić information content (AvgIpc) is 3.34. The molecule has 1 amide bonds. The highest BCUT2D eigenvalue weighted by Crippen LogP contribution is 2.32. The molecule has 0 aliphatic carbocycles. The zero-order chi connectivity index (χ0) is 20.5. The van der Waals surface area contributed by atoms with Crippen LogP contribution in [0.3, 0.4) is 0 Å². The topological polar surface area (TPSA) is 69.0 Å². The first-order chi connectivity index (χ1) is 14.0. The zero-order valence-electron chi connectivity index (χ0n) is 16.6. The number of rotatable bonds is 6. The molecule has 1 fully saturated rings. The van der Waals surface area contributed by atoms with Crippen LogP contribution in [0, 0.1) is 5.92 Å². The highest BCUT2D eigenvalue weighted by atomic mass is 79.9. The number of hydrogen-bond acceptors (Lipinski definition) is 5. The van der Waals surface area contributed by atoms with E-state index in [4.69, 9.17) is 9.47 Å². The molecule has 29 heavy (non-hydrogen) atoms. The number of nitrogens with zero attached hydrogens (tertiary/aromatic N) is 4. The van der Waals surface area contributed by atoms with E-state index < -0.39 is 0 Å². The molecule has 0 bridgehead atoms. The Kier molecular flexibility index (Phi) is 5.45. The molecule has 3 unspecified atom stereocenters. The summed E-state index contributed by atoms with van der Waals surface area (Å²) in [6.45, 7) is 4.70. The van der Waals surface area contributed by atoms with Crippen molar-refractivity contribution < 1.29 is 14.3 Å². The summed E-state index contributed by atoms with van der Waals surface area (Å²) in [5.74, 6) is 1.55. The lowest BCUT2D eigenvalue weighted by molar-refractivity contribution is -0.129. The molecule has 1 aromatic carbocycles. The molecule has 0 radical (unpaired) electrons. The van der Waals surface area contributed by atoms with Crippen LogP contribution in [0.4, 0.5) is 0 Å². The van der Waals surface area contributed by atoms with Crippen molar-refractivity contribution in [1.82, 2.24) is 19.5 Å². The Bertz CT molecular complexity index is 1020. The van der Waals surface area contributed by atoms with E-state index in [1.807, 2.05) is 42.2 Å². The third-order valence-corrected chi connectivity index (χ3v) is 5.92. The monoisotopic (exact) mass is 458 g/mol. The van der Waals surface area contributed by atoms with Gasteiger partial charge in [0.25, 0.3) is 0 Å². The van der Waals surface area contributed by atoms with Crippen molar-refractivity contribution in [1.29, 1.82) is 0 Å². The number of ether oxygens (including phenoxy) is 2. The fourth-order valence-corrected chi connectivity index (χ4v) is 4.10. The first kappa shape index (κ1) is 19.7. The molecule has 0 N–H and O–H groups in total. The molecule has 3 heterocycles. The number of fused-ring (bicyclic) bond motifs is 1. The van der Waals surface area contributed by atoms with E-state index >= 15 is 0 Å². The summed E-state index contributed by atoms with van der Waals surface area (Å²) in [5.41, 5.74) is 1.89. The van der Waals surface area contributed by atoms with Crippen LogP contribution in [0.1, 0.15) is 31.9 Å². The number of halogens is 1. The van der Waals surface area contributed by atoms with E-state index in [9.17, 15) is 4.79 Å². The standard InChI is InChI=1S/C21H23BrN4O3/c1-13(15-4-6-17(28-3)7-5-15)25-11-16(10-20(25)27)14(2)29-21-18-8-9-23-26(18)12-19(22)24-21/h4-9,12-14,16H,10-11H2,1-3H3. The molecule has 1 aliphatic heterocycles. The summed E-state index contributed by atoms with van der Waals surface area (Å²) in [6.07, 6.45) is 3.79. The second-order valence-electron chi connectivity index (χ2n) is 7.31. The molecule has 3 aromatic rings. The summed E-state index contributed by atoms with van der Waals surface area (Å²) in [7, 11) is 1.65. The molecular formula is C21H23BrN4O3. The molecule has 7 nitrogen and oxygen atoms in total. The van der Waals surface area contributed by atoms with Gasteiger partial charge in [0, 0.05) is 18.9 Å². The second-order valence-corrected chi connectivity index (χ2v) is 8.12. The summed E-state index contributed by atoms with van der Waals surface area (Å²) in [6, 6.07) is 9.71. The zero-order valence-corrected chi connectivity index (χ0v) is 18.2. The van der Waals surface area contributed by atoms with E-state index in [0.717, 1.165) is 16.8 Å². The second kappa shape index (κ2) is 8.02. The van der Waals surface area contributed by atoms with Gasteiger partial charge in [-0.25, -0.2) is 9.50 Å². The van der Waals surface area contributed by atoms with Crippen molar-refractivity contribution in [3.63, 3.8) is 0 Å². The largest absolute Gasteiger partial charge is 0.497 e. The van der Waals surface area contributed by atoms with E-state index in [1.165, 1.54) is 0 Å². The molecule has 4 rings (SSSR count). The quantitative estimate of drug-likeness (QED) is 0.560. The van der Waals surface area contributed by atoms with Gasteiger partial charge in [0.05, 0.1) is 25.5 Å². The summed E-state index contributed by atoms with van der Waals surface area (Å²) in [5, 5.41) is 4.23. The third-order valence-electron chi connectivity index (χ3n) is 5.54. The molecule has 0 saturated carbocycles. The van der Waals surface area contributed by atoms with Crippen LogP contribution >= 0.6 is 15.9 Å². The number of methoxy groups -OCH3 is 1. The number of hydrogen-bond donors (Lipinski definition) is 0. The fraction of sp³-hybridized carbons (Fsp3) is 0.381. The Labute approximate surface area is 177 Å². The van der Waals surface area contributed by atoms with Gasteiger partial charge in [-0.2, -0.15) is 5.10 Å². The Balaban J connectivity index is 1.47. The third kappa shape index (κ3) is 3.94. The lowest BCUT2D eigenvalue weighted by atomic mass is 10.0. The Hall–Kier alpha value is -2.61. The Morgan fingerprint density at radius 2 is 1.97 bits per heavy atom. The number of carbonyl (C=O) groups excluding carboxylic acids is 1. The maximum Gasteiger partial charge on any atom is 0.241 e. The van der Waals surface area contributed by atoms with Gasteiger partial charge in [-0.1, -0.05) is 12.1 Å². The van der Waals surface area contributed by atoms with Crippen molar-refractivity contribution in [3.8, 4) is 11.6 Å². The van der Waals surface area contributed by atoms with Crippen LogP contribution in [-0.2, 0) is 4.79 Å². The van der Waals surface area contributed by atoms with E-state index in [1.54, 1.807) is 24.0 Å². The van der Waals surface area contributed by atoms with E-state index in [-0.39, 0.29) is 24.0 Å². The van der Waals surface area contributed by atoms with Crippen LogP contribution < -0.4 is 9.47 Å². The molecular weight excluding hydrogens is 436 g/mol. The minimum absolute atomic E-state index is 0.00358. The summed E-state index contributed by atoms with van der Waals surface area (Å²) >= 11 is 3.39. The minimum atomic E-state index is -0.160. The van der Waals surface area contributed by atoms with Crippen LogP contribution in [-0.4, -0.2) is 45.2 Å². The smallest absolute Gasteiger partial charge is 0.241 e. The molecule has 1 aliphatic rings. The van der Waals surface area contributed by atoms with Crippen LogP contribution in [0.15, 0.2) is 47.3 Å². The molecule has 3 atom stereocenters. The molecule has 0 spiro atoms. The van der Waals surface area contributed by atoms with Crippen molar-refractivity contribution in [2.45, 2.75) is 32.4 Å². The van der Waals surface area contributed by atoms with Crippen molar-refractivity contribution in [2.75, 3.05) is 13.7 Å². The van der Waals surface area contributed by atoms with Gasteiger partial charge in [0.1, 0.15) is 22.0 Å². The predicted octanol–water partition coefficient (Wildman–Crippen LogP) is 3.88. The maximum atomic E-state index is 12.7. The number of carbonyl (C=O) groups is 1. The number of likely N-dealkylation sites (tertiary alicyclic amines) is 1. The minimum Gasteiger partial charge on any atom is -0.497 e. The highest BCUT2D eigenvalue weighted by molar-refractivity contribution is 9.10. The van der Waals surface area contributed by atoms with Crippen LogP contribution in [0.2, 0.25) is 0 Å². The Morgan fingerprint density at radius 1 is 1.21 bits per heavy atom. The van der Waals surface area contributed by atoms with Crippen molar-refractivity contribution >= 4 is 27.4 Å². The molecule has 8 heteroatoms. The lowest BCUT2D eigenvalue weighted by Gasteiger charge is -2.26. The number of amides is 1.